The van der Waals surface area contributed by atoms with Crippen LogP contribution in [0.2, 0.25) is 0 Å². The fourth-order valence-corrected chi connectivity index (χ4v) is 4.67. The van der Waals surface area contributed by atoms with Gasteiger partial charge in [-0.2, -0.15) is 0 Å². The number of rotatable bonds is 3. The summed E-state index contributed by atoms with van der Waals surface area (Å²) in [5, 5.41) is 2.20. The maximum Gasteiger partial charge on any atom is 0.0595 e. The van der Waals surface area contributed by atoms with E-state index in [9.17, 15) is 0 Å². The molecule has 108 valence electrons. The fraction of sp³-hybridized carbons (Fsp3) is 0.750. The van der Waals surface area contributed by atoms with E-state index in [0.29, 0.717) is 12.1 Å². The summed E-state index contributed by atoms with van der Waals surface area (Å²) in [4.78, 5) is 4.12. The summed E-state index contributed by atoms with van der Waals surface area (Å²) in [6, 6.07) is 3.39. The van der Waals surface area contributed by atoms with Crippen LogP contribution in [-0.4, -0.2) is 23.5 Å². The second kappa shape index (κ2) is 5.94. The van der Waals surface area contributed by atoms with Gasteiger partial charge in [-0.3, -0.25) is 4.90 Å². The van der Waals surface area contributed by atoms with Crippen molar-refractivity contribution >= 4 is 11.3 Å². The summed E-state index contributed by atoms with van der Waals surface area (Å²) in [6.07, 6.45) is 1.34. The van der Waals surface area contributed by atoms with Crippen molar-refractivity contribution in [3.63, 3.8) is 0 Å². The quantitative estimate of drug-likeness (QED) is 0.912. The molecular formula is C16H28N2S. The lowest BCUT2D eigenvalue weighted by atomic mass is 9.84. The molecule has 3 heteroatoms. The first kappa shape index (κ1) is 15.0. The molecule has 0 spiro atoms. The number of nitrogens with zero attached hydrogens (tertiary/aromatic N) is 1. The Morgan fingerprint density at radius 2 is 2.05 bits per heavy atom. The molecule has 19 heavy (non-hydrogen) atoms. The topological polar surface area (TPSA) is 29.3 Å². The average Bonchev–Trinajstić information content (AvgIpc) is 2.71. The minimum absolute atomic E-state index is 0.178. The highest BCUT2D eigenvalue weighted by Gasteiger charge is 2.36. The molecule has 2 N–H and O–H groups in total. The number of hydrogen-bond acceptors (Lipinski definition) is 3. The zero-order valence-corrected chi connectivity index (χ0v) is 13.7. The normalized spacial score (nSPS) is 32.2. The first-order chi connectivity index (χ1) is 8.91. The van der Waals surface area contributed by atoms with E-state index in [-0.39, 0.29) is 6.04 Å². The zero-order valence-electron chi connectivity index (χ0n) is 12.9. The van der Waals surface area contributed by atoms with Gasteiger partial charge in [-0.1, -0.05) is 13.8 Å². The molecule has 0 aromatic carbocycles. The van der Waals surface area contributed by atoms with Crippen LogP contribution in [0, 0.1) is 18.8 Å². The Labute approximate surface area is 122 Å². The smallest absolute Gasteiger partial charge is 0.0595 e. The molecule has 0 aliphatic carbocycles. The Hall–Kier alpha value is -0.380. The Morgan fingerprint density at radius 3 is 2.58 bits per heavy atom. The number of aryl methyl sites for hydroxylation is 1. The SMILES string of the molecule is Cc1ccsc1C(C(C)N)N1CC(C)CC(C)C1C. The molecule has 0 saturated carbocycles. The van der Waals surface area contributed by atoms with Crippen LogP contribution in [0.25, 0.3) is 0 Å². The first-order valence-corrected chi connectivity index (χ1v) is 8.35. The molecule has 1 aliphatic rings. The van der Waals surface area contributed by atoms with Crippen molar-refractivity contribution in [1.82, 2.24) is 4.90 Å². The molecule has 0 bridgehead atoms. The van der Waals surface area contributed by atoms with Gasteiger partial charge in [0.1, 0.15) is 0 Å². The molecule has 1 aromatic heterocycles. The van der Waals surface area contributed by atoms with Crippen LogP contribution >= 0.6 is 11.3 Å². The summed E-state index contributed by atoms with van der Waals surface area (Å²) in [7, 11) is 0. The van der Waals surface area contributed by atoms with Gasteiger partial charge in [0, 0.05) is 23.5 Å². The molecule has 2 rings (SSSR count). The molecular weight excluding hydrogens is 252 g/mol. The van der Waals surface area contributed by atoms with Crippen LogP contribution < -0.4 is 5.73 Å². The number of hydrogen-bond donors (Lipinski definition) is 1. The minimum atomic E-state index is 0.178. The van der Waals surface area contributed by atoms with Gasteiger partial charge in [0.15, 0.2) is 0 Å². The molecule has 1 saturated heterocycles. The van der Waals surface area contributed by atoms with Crippen LogP contribution in [0.5, 0.6) is 0 Å². The van der Waals surface area contributed by atoms with Gasteiger partial charge in [0.25, 0.3) is 0 Å². The number of thiophene rings is 1. The van der Waals surface area contributed by atoms with E-state index >= 15 is 0 Å². The zero-order chi connectivity index (χ0) is 14.2. The monoisotopic (exact) mass is 280 g/mol. The summed E-state index contributed by atoms with van der Waals surface area (Å²) in [6.45, 7) is 12.7. The fourth-order valence-electron chi connectivity index (χ4n) is 3.50. The highest BCUT2D eigenvalue weighted by molar-refractivity contribution is 7.10. The van der Waals surface area contributed by atoms with Crippen LogP contribution in [0.4, 0.5) is 0 Å². The Balaban J connectivity index is 2.31. The van der Waals surface area contributed by atoms with Gasteiger partial charge in [-0.05, 0) is 56.0 Å². The summed E-state index contributed by atoms with van der Waals surface area (Å²) in [5.74, 6) is 1.53. The summed E-state index contributed by atoms with van der Waals surface area (Å²) < 4.78 is 0. The van der Waals surface area contributed by atoms with Crippen molar-refractivity contribution in [3.05, 3.63) is 21.9 Å². The van der Waals surface area contributed by atoms with E-state index < -0.39 is 0 Å². The molecule has 1 aliphatic heterocycles. The third kappa shape index (κ3) is 3.04. The van der Waals surface area contributed by atoms with Gasteiger partial charge in [0.2, 0.25) is 0 Å². The molecule has 0 radical (unpaired) electrons. The molecule has 1 fully saturated rings. The predicted octanol–water partition coefficient (Wildman–Crippen LogP) is 3.81. The lowest BCUT2D eigenvalue weighted by Crippen LogP contribution is -2.51. The third-order valence-electron chi connectivity index (χ3n) is 4.67. The number of piperidine rings is 1. The molecule has 2 heterocycles. The molecule has 0 amide bonds. The predicted molar refractivity (Wildman–Crippen MR) is 84.6 cm³/mol. The second-order valence-electron chi connectivity index (χ2n) is 6.53. The van der Waals surface area contributed by atoms with Crippen molar-refractivity contribution in [2.24, 2.45) is 17.6 Å². The Bertz CT molecular complexity index is 413. The van der Waals surface area contributed by atoms with E-state index in [1.165, 1.54) is 23.4 Å². The van der Waals surface area contributed by atoms with Gasteiger partial charge in [-0.15, -0.1) is 11.3 Å². The van der Waals surface area contributed by atoms with Crippen molar-refractivity contribution in [2.75, 3.05) is 6.54 Å². The van der Waals surface area contributed by atoms with E-state index in [2.05, 4.69) is 51.0 Å². The van der Waals surface area contributed by atoms with Crippen molar-refractivity contribution in [1.29, 1.82) is 0 Å². The van der Waals surface area contributed by atoms with Crippen molar-refractivity contribution in [3.8, 4) is 0 Å². The number of nitrogens with two attached hydrogens (primary N) is 1. The first-order valence-electron chi connectivity index (χ1n) is 7.47. The lowest BCUT2D eigenvalue weighted by molar-refractivity contribution is 0.0326. The van der Waals surface area contributed by atoms with Gasteiger partial charge in [-0.25, -0.2) is 0 Å². The molecule has 1 aromatic rings. The summed E-state index contributed by atoms with van der Waals surface area (Å²) in [5.41, 5.74) is 7.74. The number of likely N-dealkylation sites (tertiary alicyclic amines) is 1. The highest BCUT2D eigenvalue weighted by Crippen LogP contribution is 2.38. The molecule has 2 nitrogen and oxygen atoms in total. The standard InChI is InChI=1S/C16H28N2S/c1-10-8-12(3)14(5)18(9-10)15(13(4)17)16-11(2)6-7-19-16/h6-7,10,12-15H,8-9,17H2,1-5H3. The van der Waals surface area contributed by atoms with Gasteiger partial charge in [0.05, 0.1) is 6.04 Å². The minimum Gasteiger partial charge on any atom is -0.326 e. The van der Waals surface area contributed by atoms with Gasteiger partial charge < -0.3 is 5.73 Å². The molecule has 5 unspecified atom stereocenters. The van der Waals surface area contributed by atoms with Crippen molar-refractivity contribution in [2.45, 2.75) is 59.2 Å². The lowest BCUT2D eigenvalue weighted by Gasteiger charge is -2.46. The van der Waals surface area contributed by atoms with E-state index in [0.717, 1.165) is 11.8 Å². The Morgan fingerprint density at radius 1 is 1.37 bits per heavy atom. The van der Waals surface area contributed by atoms with Crippen LogP contribution in [0.3, 0.4) is 0 Å². The van der Waals surface area contributed by atoms with E-state index in [4.69, 9.17) is 5.73 Å². The largest absolute Gasteiger partial charge is 0.326 e. The Kier molecular flexibility index (Phi) is 4.70. The van der Waals surface area contributed by atoms with Gasteiger partial charge >= 0.3 is 0 Å². The summed E-state index contributed by atoms with van der Waals surface area (Å²) >= 11 is 1.86. The van der Waals surface area contributed by atoms with Crippen LogP contribution in [0.1, 0.15) is 50.6 Å². The second-order valence-corrected chi connectivity index (χ2v) is 7.48. The third-order valence-corrected chi connectivity index (χ3v) is 5.76. The van der Waals surface area contributed by atoms with Crippen molar-refractivity contribution < 1.29 is 0 Å². The molecule has 5 atom stereocenters. The van der Waals surface area contributed by atoms with E-state index in [1.54, 1.807) is 0 Å². The maximum atomic E-state index is 6.35. The van der Waals surface area contributed by atoms with Crippen LogP contribution in [0.15, 0.2) is 11.4 Å². The highest BCUT2D eigenvalue weighted by atomic mass is 32.1. The van der Waals surface area contributed by atoms with E-state index in [1.807, 2.05) is 11.3 Å². The average molecular weight is 280 g/mol. The maximum absolute atomic E-state index is 6.35. The van der Waals surface area contributed by atoms with Crippen LogP contribution in [-0.2, 0) is 0 Å².